The molecule has 36 heavy (non-hydrogen) atoms. The molecule has 1 aliphatic rings. The minimum absolute atomic E-state index is 0.0657. The number of amides is 3. The van der Waals surface area contributed by atoms with E-state index in [-0.39, 0.29) is 23.8 Å². The van der Waals surface area contributed by atoms with Crippen LogP contribution in [0.5, 0.6) is 0 Å². The average Bonchev–Trinajstić information content (AvgIpc) is 2.63. The Labute approximate surface area is 217 Å². The Morgan fingerprint density at radius 3 is 2.11 bits per heavy atom. The van der Waals surface area contributed by atoms with Crippen LogP contribution in [0.1, 0.15) is 104 Å². The van der Waals surface area contributed by atoms with Gasteiger partial charge >= 0.3 is 6.09 Å². The van der Waals surface area contributed by atoms with Gasteiger partial charge in [-0.05, 0) is 98.1 Å². The fraction of sp³-hybridized carbons (Fsp3) is 0.690. The van der Waals surface area contributed by atoms with Crippen LogP contribution in [-0.2, 0) is 14.3 Å². The molecule has 7 heteroatoms. The first-order chi connectivity index (χ1) is 16.5. The van der Waals surface area contributed by atoms with Crippen molar-refractivity contribution < 1.29 is 19.1 Å². The monoisotopic (exact) mass is 501 g/mol. The quantitative estimate of drug-likeness (QED) is 0.487. The minimum atomic E-state index is -0.795. The molecule has 2 atom stereocenters. The van der Waals surface area contributed by atoms with Crippen LogP contribution in [0.25, 0.3) is 0 Å². The van der Waals surface area contributed by atoms with E-state index in [4.69, 9.17) is 4.74 Å². The fourth-order valence-electron chi connectivity index (χ4n) is 4.49. The third kappa shape index (κ3) is 8.52. The highest BCUT2D eigenvalue weighted by molar-refractivity contribution is 5.93. The number of ether oxygens (including phenoxy) is 1. The number of carbonyl (C=O) groups excluding carboxylic acids is 3. The molecule has 202 valence electrons. The van der Waals surface area contributed by atoms with E-state index in [1.165, 1.54) is 0 Å². The van der Waals surface area contributed by atoms with Crippen molar-refractivity contribution in [2.75, 3.05) is 0 Å². The van der Waals surface area contributed by atoms with E-state index in [2.05, 4.69) is 10.6 Å². The van der Waals surface area contributed by atoms with Gasteiger partial charge in [0.05, 0.1) is 0 Å². The molecule has 1 aromatic rings. The molecule has 2 unspecified atom stereocenters. The van der Waals surface area contributed by atoms with Crippen molar-refractivity contribution in [1.82, 2.24) is 15.5 Å². The molecule has 1 saturated carbocycles. The summed E-state index contributed by atoms with van der Waals surface area (Å²) in [7, 11) is 0. The van der Waals surface area contributed by atoms with E-state index in [1.54, 1.807) is 25.7 Å². The number of benzene rings is 1. The van der Waals surface area contributed by atoms with Crippen molar-refractivity contribution in [2.45, 2.75) is 124 Å². The van der Waals surface area contributed by atoms with Crippen molar-refractivity contribution in [1.29, 1.82) is 0 Å². The van der Waals surface area contributed by atoms with Gasteiger partial charge in [0.15, 0.2) is 0 Å². The number of carbonyl (C=O) groups is 3. The van der Waals surface area contributed by atoms with E-state index >= 15 is 0 Å². The van der Waals surface area contributed by atoms with Crippen LogP contribution in [0.4, 0.5) is 4.79 Å². The number of rotatable bonds is 8. The second-order valence-electron chi connectivity index (χ2n) is 12.7. The Bertz CT molecular complexity index is 939. The lowest BCUT2D eigenvalue weighted by atomic mass is 9.86. The second-order valence-corrected chi connectivity index (χ2v) is 12.7. The molecule has 0 heterocycles. The highest BCUT2D eigenvalue weighted by Crippen LogP contribution is 2.35. The zero-order valence-electron chi connectivity index (χ0n) is 24.0. The molecule has 2 rings (SSSR count). The van der Waals surface area contributed by atoms with Gasteiger partial charge in [-0.25, -0.2) is 4.79 Å². The highest BCUT2D eigenvalue weighted by Gasteiger charge is 2.43. The third-order valence-corrected chi connectivity index (χ3v) is 6.16. The Kier molecular flexibility index (Phi) is 9.60. The Morgan fingerprint density at radius 1 is 1.06 bits per heavy atom. The zero-order valence-corrected chi connectivity index (χ0v) is 24.0. The van der Waals surface area contributed by atoms with Crippen LogP contribution >= 0.6 is 0 Å². The first kappa shape index (κ1) is 29.7. The van der Waals surface area contributed by atoms with Gasteiger partial charge in [0.2, 0.25) is 11.8 Å². The predicted molar refractivity (Wildman–Crippen MR) is 144 cm³/mol. The molecule has 2 N–H and O–H groups in total. The van der Waals surface area contributed by atoms with E-state index in [1.807, 2.05) is 66.7 Å². The van der Waals surface area contributed by atoms with Gasteiger partial charge in [-0.15, -0.1) is 0 Å². The smallest absolute Gasteiger partial charge is 0.408 e. The maximum atomic E-state index is 14.3. The van der Waals surface area contributed by atoms with Crippen LogP contribution in [0, 0.1) is 19.8 Å². The molecule has 0 aliphatic heterocycles. The van der Waals surface area contributed by atoms with Crippen LogP contribution in [0.3, 0.4) is 0 Å². The van der Waals surface area contributed by atoms with E-state index < -0.39 is 29.3 Å². The van der Waals surface area contributed by atoms with E-state index in [9.17, 15) is 14.4 Å². The minimum Gasteiger partial charge on any atom is -0.444 e. The van der Waals surface area contributed by atoms with Gasteiger partial charge in [0.25, 0.3) is 0 Å². The largest absolute Gasteiger partial charge is 0.444 e. The van der Waals surface area contributed by atoms with E-state index in [0.717, 1.165) is 36.0 Å². The molecule has 0 aromatic heterocycles. The lowest BCUT2D eigenvalue weighted by molar-refractivity contribution is -0.148. The number of aryl methyl sites for hydroxylation is 2. The van der Waals surface area contributed by atoms with E-state index in [0.29, 0.717) is 6.42 Å². The van der Waals surface area contributed by atoms with Gasteiger partial charge in [0.1, 0.15) is 17.7 Å². The summed E-state index contributed by atoms with van der Waals surface area (Å²) in [6.45, 7) is 19.2. The van der Waals surface area contributed by atoms with Gasteiger partial charge < -0.3 is 20.3 Å². The van der Waals surface area contributed by atoms with Crippen molar-refractivity contribution in [3.63, 3.8) is 0 Å². The lowest BCUT2D eigenvalue weighted by Gasteiger charge is -2.44. The maximum absolute atomic E-state index is 14.3. The molecule has 7 nitrogen and oxygen atoms in total. The van der Waals surface area contributed by atoms with Crippen molar-refractivity contribution in [3.05, 3.63) is 34.9 Å². The summed E-state index contributed by atoms with van der Waals surface area (Å²) in [4.78, 5) is 42.5. The van der Waals surface area contributed by atoms with Gasteiger partial charge in [0, 0.05) is 11.6 Å². The first-order valence-electron chi connectivity index (χ1n) is 13.2. The predicted octanol–water partition coefficient (Wildman–Crippen LogP) is 5.58. The first-order valence-corrected chi connectivity index (χ1v) is 13.2. The second kappa shape index (κ2) is 11.7. The van der Waals surface area contributed by atoms with Crippen molar-refractivity contribution in [3.8, 4) is 0 Å². The lowest BCUT2D eigenvalue weighted by Crippen LogP contribution is -2.59. The number of alkyl carbamates (subject to hydrolysis) is 1. The SMILES string of the molecule is Cc1ccc(C(C(=O)NC(C)(C)C)N(C(=O)C(CC(C)C)NC(=O)OC(C)(C)C)C2CCC2)c(C)c1. The topological polar surface area (TPSA) is 87.7 Å². The zero-order chi connectivity index (χ0) is 27.4. The Morgan fingerprint density at radius 2 is 1.67 bits per heavy atom. The molecule has 1 aliphatic carbocycles. The number of hydrogen-bond acceptors (Lipinski definition) is 4. The number of nitrogens with zero attached hydrogens (tertiary/aromatic N) is 1. The van der Waals surface area contributed by atoms with Crippen LogP contribution < -0.4 is 10.6 Å². The Hall–Kier alpha value is -2.57. The summed E-state index contributed by atoms with van der Waals surface area (Å²) in [6.07, 6.45) is 2.48. The standard InChI is InChI=1S/C29H47N3O4/c1-18(2)16-23(30-27(35)36-29(8,9)10)26(34)32(21-12-11-13-21)24(25(33)31-28(5,6)7)22-15-14-19(3)17-20(22)4/h14-15,17-18,21,23-24H,11-13,16H2,1-10H3,(H,30,35)(H,31,33). The summed E-state index contributed by atoms with van der Waals surface area (Å²) in [5.41, 5.74) is 1.72. The molecular formula is C29H47N3O4. The van der Waals surface area contributed by atoms with Crippen molar-refractivity contribution in [2.24, 2.45) is 5.92 Å². The van der Waals surface area contributed by atoms with Crippen LogP contribution in [-0.4, -0.2) is 46.0 Å². The van der Waals surface area contributed by atoms with Gasteiger partial charge in [-0.3, -0.25) is 9.59 Å². The molecular weight excluding hydrogens is 454 g/mol. The van der Waals surface area contributed by atoms with Crippen LogP contribution in [0.2, 0.25) is 0 Å². The number of nitrogens with one attached hydrogen (secondary N) is 2. The normalized spacial score (nSPS) is 16.1. The van der Waals surface area contributed by atoms with Crippen molar-refractivity contribution >= 4 is 17.9 Å². The summed E-state index contributed by atoms with van der Waals surface area (Å²) in [5.74, 6) is -0.302. The molecule has 0 saturated heterocycles. The summed E-state index contributed by atoms with van der Waals surface area (Å²) in [6, 6.07) is 4.32. The van der Waals surface area contributed by atoms with Gasteiger partial charge in [-0.2, -0.15) is 0 Å². The summed E-state index contributed by atoms with van der Waals surface area (Å²) in [5, 5.41) is 5.93. The van der Waals surface area contributed by atoms with Gasteiger partial charge in [-0.1, -0.05) is 37.6 Å². The molecule has 1 aromatic carbocycles. The third-order valence-electron chi connectivity index (χ3n) is 6.16. The number of hydrogen-bond donors (Lipinski definition) is 2. The average molecular weight is 502 g/mol. The summed E-state index contributed by atoms with van der Waals surface area (Å²) < 4.78 is 5.47. The fourth-order valence-corrected chi connectivity index (χ4v) is 4.49. The molecule has 0 radical (unpaired) electrons. The molecule has 1 fully saturated rings. The molecule has 0 bridgehead atoms. The summed E-state index contributed by atoms with van der Waals surface area (Å²) >= 11 is 0. The van der Waals surface area contributed by atoms with Crippen LogP contribution in [0.15, 0.2) is 18.2 Å². The molecule has 3 amide bonds. The Balaban J connectivity index is 2.55. The maximum Gasteiger partial charge on any atom is 0.408 e. The molecule has 0 spiro atoms. The highest BCUT2D eigenvalue weighted by atomic mass is 16.6.